The monoisotopic (exact) mass is 226 g/mol. The molecule has 0 spiro atoms. The van der Waals surface area contributed by atoms with Crippen LogP contribution in [0.1, 0.15) is 52.9 Å². The molecule has 2 heteroatoms. The molecule has 0 aromatic carbocycles. The Kier molecular flexibility index (Phi) is 7.82. The van der Waals surface area contributed by atoms with Crippen molar-refractivity contribution < 1.29 is 4.43 Å². The molecule has 1 nitrogen and oxygen atoms in total. The molecule has 0 aliphatic heterocycles. The summed E-state index contributed by atoms with van der Waals surface area (Å²) in [4.78, 5) is 0. The number of hydrogen-bond donors (Lipinski definition) is 0. The van der Waals surface area contributed by atoms with Crippen molar-refractivity contribution in [2.45, 2.75) is 64.5 Å². The van der Waals surface area contributed by atoms with Gasteiger partial charge in [0, 0.05) is 13.0 Å². The zero-order valence-electron chi connectivity index (χ0n) is 10.8. The minimum Gasteiger partial charge on any atom is -0.420 e. The average molecular weight is 226 g/mol. The summed E-state index contributed by atoms with van der Waals surface area (Å²) in [6.07, 6.45) is 11.0. The zero-order valence-corrected chi connectivity index (χ0v) is 12.0. The topological polar surface area (TPSA) is 9.23 Å². The summed E-state index contributed by atoms with van der Waals surface area (Å²) in [6, 6.07) is 0. The van der Waals surface area contributed by atoms with E-state index >= 15 is 0 Å². The summed E-state index contributed by atoms with van der Waals surface area (Å²) in [5.41, 5.74) is 0. The van der Waals surface area contributed by atoms with Gasteiger partial charge in [-0.3, -0.25) is 0 Å². The van der Waals surface area contributed by atoms with Gasteiger partial charge >= 0.3 is 0 Å². The van der Waals surface area contributed by atoms with Crippen LogP contribution in [0.25, 0.3) is 0 Å². The van der Waals surface area contributed by atoms with Crippen LogP contribution in [-0.2, 0) is 4.43 Å². The first-order valence-electron chi connectivity index (χ1n) is 6.03. The molecule has 0 amide bonds. The maximum absolute atomic E-state index is 5.91. The van der Waals surface area contributed by atoms with Crippen molar-refractivity contribution in [1.29, 1.82) is 0 Å². The van der Waals surface area contributed by atoms with Crippen LogP contribution >= 0.6 is 0 Å². The van der Waals surface area contributed by atoms with Crippen molar-refractivity contribution in [2.24, 2.45) is 0 Å². The highest BCUT2D eigenvalue weighted by Gasteiger charge is 2.22. The number of rotatable bonds is 7. The summed E-state index contributed by atoms with van der Waals surface area (Å²) < 4.78 is 5.91. The summed E-state index contributed by atoms with van der Waals surface area (Å²) in [6.45, 7) is 10.1. The molecule has 0 radical (unpaired) electrons. The van der Waals surface area contributed by atoms with Gasteiger partial charge in [0.2, 0.25) is 0 Å². The molecule has 0 saturated carbocycles. The largest absolute Gasteiger partial charge is 0.420 e. The lowest BCUT2D eigenvalue weighted by Crippen LogP contribution is -2.26. The Morgan fingerprint density at radius 1 is 1.13 bits per heavy atom. The molecule has 0 aliphatic carbocycles. The molecule has 0 saturated heterocycles. The van der Waals surface area contributed by atoms with Gasteiger partial charge in [-0.25, -0.2) is 0 Å². The molecule has 0 aromatic heterocycles. The van der Waals surface area contributed by atoms with Crippen molar-refractivity contribution in [2.75, 3.05) is 6.61 Å². The molecule has 0 heterocycles. The highest BCUT2D eigenvalue weighted by atomic mass is 28.3. The first kappa shape index (κ1) is 14.7. The van der Waals surface area contributed by atoms with E-state index in [0.29, 0.717) is 5.04 Å². The third kappa shape index (κ3) is 8.71. The molecule has 0 N–H and O–H groups in total. The van der Waals surface area contributed by atoms with E-state index in [1.165, 1.54) is 25.7 Å². The van der Waals surface area contributed by atoms with Gasteiger partial charge in [0.25, 0.3) is 0 Å². The molecule has 1 unspecified atom stereocenters. The van der Waals surface area contributed by atoms with Gasteiger partial charge in [0.15, 0.2) is 9.04 Å². The van der Waals surface area contributed by atoms with E-state index in [4.69, 9.17) is 10.8 Å². The summed E-state index contributed by atoms with van der Waals surface area (Å²) in [7, 11) is -0.988. The quantitative estimate of drug-likeness (QED) is 0.365. The van der Waals surface area contributed by atoms with Crippen molar-refractivity contribution in [3.8, 4) is 12.3 Å². The van der Waals surface area contributed by atoms with Crippen LogP contribution in [0.2, 0.25) is 11.6 Å². The Morgan fingerprint density at radius 3 is 2.27 bits per heavy atom. The highest BCUT2D eigenvalue weighted by Crippen LogP contribution is 2.27. The van der Waals surface area contributed by atoms with E-state index in [0.717, 1.165) is 13.0 Å². The SMILES string of the molecule is C#CCCCCCCO[SiH](C)C(C)(C)C. The van der Waals surface area contributed by atoms with Gasteiger partial charge < -0.3 is 4.43 Å². The van der Waals surface area contributed by atoms with Crippen molar-refractivity contribution >= 4 is 9.04 Å². The lowest BCUT2D eigenvalue weighted by molar-refractivity contribution is 0.294. The fraction of sp³-hybridized carbons (Fsp3) is 0.846. The van der Waals surface area contributed by atoms with Gasteiger partial charge in [-0.05, 0) is 24.4 Å². The molecule has 1 atom stereocenters. The Labute approximate surface area is 97.3 Å². The normalized spacial score (nSPS) is 13.5. The Balaban J connectivity index is 3.29. The van der Waals surface area contributed by atoms with Crippen LogP contribution in [0.15, 0.2) is 0 Å². The van der Waals surface area contributed by atoms with Gasteiger partial charge in [0.1, 0.15) is 0 Å². The third-order valence-electron chi connectivity index (χ3n) is 2.80. The van der Waals surface area contributed by atoms with Gasteiger partial charge in [0.05, 0.1) is 0 Å². The fourth-order valence-corrected chi connectivity index (χ4v) is 2.21. The molecule has 0 aliphatic rings. The van der Waals surface area contributed by atoms with Crippen LogP contribution in [0.3, 0.4) is 0 Å². The molecular formula is C13H26OSi. The molecule has 15 heavy (non-hydrogen) atoms. The van der Waals surface area contributed by atoms with Crippen molar-refractivity contribution in [1.82, 2.24) is 0 Å². The van der Waals surface area contributed by atoms with E-state index < -0.39 is 9.04 Å². The average Bonchev–Trinajstić information content (AvgIpc) is 2.14. The highest BCUT2D eigenvalue weighted by molar-refractivity contribution is 6.53. The first-order chi connectivity index (χ1) is 6.98. The van der Waals surface area contributed by atoms with E-state index in [1.54, 1.807) is 0 Å². The summed E-state index contributed by atoms with van der Waals surface area (Å²) in [5.74, 6) is 2.67. The molecule has 0 fully saturated rings. The number of terminal acetylenes is 1. The second kappa shape index (κ2) is 7.96. The lowest BCUT2D eigenvalue weighted by Gasteiger charge is -2.25. The fourth-order valence-electron chi connectivity index (χ4n) is 1.19. The van der Waals surface area contributed by atoms with E-state index in [-0.39, 0.29) is 0 Å². The van der Waals surface area contributed by atoms with Crippen molar-refractivity contribution in [3.05, 3.63) is 0 Å². The Morgan fingerprint density at radius 2 is 1.73 bits per heavy atom. The predicted octanol–water partition coefficient (Wildman–Crippen LogP) is 3.74. The van der Waals surface area contributed by atoms with Gasteiger partial charge in [-0.1, -0.05) is 33.6 Å². The zero-order chi connectivity index (χ0) is 11.7. The maximum atomic E-state index is 5.91. The minimum atomic E-state index is -0.988. The van der Waals surface area contributed by atoms with Crippen LogP contribution in [0.5, 0.6) is 0 Å². The predicted molar refractivity (Wildman–Crippen MR) is 70.6 cm³/mol. The van der Waals surface area contributed by atoms with Gasteiger partial charge in [-0.2, -0.15) is 0 Å². The Bertz CT molecular complexity index is 188. The number of hydrogen-bond acceptors (Lipinski definition) is 1. The van der Waals surface area contributed by atoms with Crippen molar-refractivity contribution in [3.63, 3.8) is 0 Å². The molecule has 0 bridgehead atoms. The molecule has 88 valence electrons. The van der Waals surface area contributed by atoms with Crippen LogP contribution < -0.4 is 0 Å². The number of unbranched alkanes of at least 4 members (excludes halogenated alkanes) is 4. The molecule has 0 aromatic rings. The second-order valence-electron chi connectivity index (χ2n) is 5.25. The maximum Gasteiger partial charge on any atom is 0.179 e. The lowest BCUT2D eigenvalue weighted by atomic mass is 10.1. The van der Waals surface area contributed by atoms with Gasteiger partial charge in [-0.15, -0.1) is 12.3 Å². The van der Waals surface area contributed by atoms with E-state index in [2.05, 4.69) is 33.2 Å². The first-order valence-corrected chi connectivity index (χ1v) is 8.24. The van der Waals surface area contributed by atoms with Crippen LogP contribution in [0, 0.1) is 12.3 Å². The second-order valence-corrected chi connectivity index (χ2v) is 8.60. The summed E-state index contributed by atoms with van der Waals surface area (Å²) >= 11 is 0. The van der Waals surface area contributed by atoms with E-state index in [1.807, 2.05) is 0 Å². The molecular weight excluding hydrogens is 200 g/mol. The van der Waals surface area contributed by atoms with Crippen LogP contribution in [0.4, 0.5) is 0 Å². The van der Waals surface area contributed by atoms with E-state index in [9.17, 15) is 0 Å². The smallest absolute Gasteiger partial charge is 0.179 e. The Hall–Kier alpha value is -0.263. The standard InChI is InChI=1S/C13H26OSi/c1-6-7-8-9-10-11-12-14-15(5)13(2,3)4/h1,15H,7-12H2,2-5H3. The third-order valence-corrected chi connectivity index (χ3v) is 5.98. The van der Waals surface area contributed by atoms with Crippen LogP contribution in [-0.4, -0.2) is 15.6 Å². The molecule has 0 rings (SSSR count). The summed E-state index contributed by atoms with van der Waals surface area (Å²) in [5, 5.41) is 0.392. The minimum absolute atomic E-state index is 0.392.